The smallest absolute Gasteiger partial charge is 0.414 e. The lowest BCUT2D eigenvalue weighted by Crippen LogP contribution is -2.50. The van der Waals surface area contributed by atoms with E-state index in [1.165, 1.54) is 49.9 Å². The van der Waals surface area contributed by atoms with Crippen molar-refractivity contribution in [2.75, 3.05) is 26.2 Å². The fourth-order valence-corrected chi connectivity index (χ4v) is 4.63. The van der Waals surface area contributed by atoms with E-state index in [1.54, 1.807) is 12.1 Å². The zero-order chi connectivity index (χ0) is 22.9. The SMILES string of the molecule is Fc1ccc(CN2CCN(C3CCC(c4ccccc4)CC3)CC2)cc1.O=C(O)C(=O)O. The molecule has 0 aromatic heterocycles. The van der Waals surface area contributed by atoms with Crippen molar-refractivity contribution in [3.63, 3.8) is 0 Å². The van der Waals surface area contributed by atoms with Gasteiger partial charge in [0, 0.05) is 38.8 Å². The number of nitrogens with zero attached hydrogens (tertiary/aromatic N) is 2. The first-order valence-corrected chi connectivity index (χ1v) is 11.1. The summed E-state index contributed by atoms with van der Waals surface area (Å²) >= 11 is 0. The Morgan fingerprint density at radius 1 is 0.812 bits per heavy atom. The number of aliphatic carboxylic acids is 2. The van der Waals surface area contributed by atoms with Crippen LogP contribution in [0.1, 0.15) is 42.7 Å². The molecule has 2 aromatic rings. The number of carbonyl (C=O) groups is 2. The van der Waals surface area contributed by atoms with Gasteiger partial charge in [-0.2, -0.15) is 0 Å². The molecule has 0 unspecified atom stereocenters. The van der Waals surface area contributed by atoms with Crippen LogP contribution in [-0.4, -0.2) is 64.2 Å². The zero-order valence-corrected chi connectivity index (χ0v) is 18.2. The monoisotopic (exact) mass is 442 g/mol. The molecule has 0 radical (unpaired) electrons. The molecule has 7 heteroatoms. The fourth-order valence-electron chi connectivity index (χ4n) is 4.63. The van der Waals surface area contributed by atoms with E-state index >= 15 is 0 Å². The highest BCUT2D eigenvalue weighted by Crippen LogP contribution is 2.35. The molecule has 1 aliphatic carbocycles. The lowest BCUT2D eigenvalue weighted by Gasteiger charge is -2.42. The zero-order valence-electron chi connectivity index (χ0n) is 18.2. The number of piperazine rings is 1. The summed E-state index contributed by atoms with van der Waals surface area (Å²) in [7, 11) is 0. The van der Waals surface area contributed by atoms with Gasteiger partial charge in [-0.25, -0.2) is 14.0 Å². The Labute approximate surface area is 188 Å². The van der Waals surface area contributed by atoms with Gasteiger partial charge < -0.3 is 10.2 Å². The van der Waals surface area contributed by atoms with E-state index in [1.807, 2.05) is 12.1 Å². The van der Waals surface area contributed by atoms with Gasteiger partial charge in [0.05, 0.1) is 0 Å². The number of carboxylic acids is 2. The minimum absolute atomic E-state index is 0.148. The number of benzene rings is 2. The number of halogens is 1. The highest BCUT2D eigenvalue weighted by atomic mass is 19.1. The van der Waals surface area contributed by atoms with Gasteiger partial charge in [0.15, 0.2) is 0 Å². The summed E-state index contributed by atoms with van der Waals surface area (Å²) in [5.74, 6) is -3.04. The predicted molar refractivity (Wildman–Crippen MR) is 120 cm³/mol. The minimum atomic E-state index is -1.82. The van der Waals surface area contributed by atoms with Gasteiger partial charge in [0.1, 0.15) is 5.82 Å². The first kappa shape index (κ1) is 23.9. The van der Waals surface area contributed by atoms with Crippen LogP contribution in [0.2, 0.25) is 0 Å². The second-order valence-electron chi connectivity index (χ2n) is 8.47. The largest absolute Gasteiger partial charge is 0.473 e. The molecule has 32 heavy (non-hydrogen) atoms. The van der Waals surface area contributed by atoms with Crippen LogP contribution >= 0.6 is 0 Å². The highest BCUT2D eigenvalue weighted by molar-refractivity contribution is 6.27. The van der Waals surface area contributed by atoms with E-state index in [0.29, 0.717) is 0 Å². The normalized spacial score (nSPS) is 21.9. The van der Waals surface area contributed by atoms with Gasteiger partial charge in [-0.05, 0) is 54.9 Å². The highest BCUT2D eigenvalue weighted by Gasteiger charge is 2.28. The van der Waals surface area contributed by atoms with Crippen molar-refractivity contribution in [3.05, 3.63) is 71.5 Å². The standard InChI is InChI=1S/C23H29FN2.C2H2O4/c24-22-10-6-19(7-11-22)18-25-14-16-26(17-15-25)23-12-8-21(9-13-23)20-4-2-1-3-5-20;3-1(4)2(5)6/h1-7,10-11,21,23H,8-9,12-18H2;(H,3,4)(H,5,6). The molecule has 0 amide bonds. The molecule has 6 nitrogen and oxygen atoms in total. The van der Waals surface area contributed by atoms with Gasteiger partial charge in [0.25, 0.3) is 0 Å². The van der Waals surface area contributed by atoms with Crippen LogP contribution in [0.25, 0.3) is 0 Å². The van der Waals surface area contributed by atoms with Crippen molar-refractivity contribution < 1.29 is 24.2 Å². The van der Waals surface area contributed by atoms with Gasteiger partial charge in [-0.1, -0.05) is 42.5 Å². The average molecular weight is 443 g/mol. The molecule has 1 saturated heterocycles. The maximum atomic E-state index is 13.0. The molecule has 4 rings (SSSR count). The molecule has 0 atom stereocenters. The number of carboxylic acid groups (broad SMARTS) is 2. The Hall–Kier alpha value is -2.77. The molecular formula is C25H31FN2O4. The fraction of sp³-hybridized carbons (Fsp3) is 0.440. The lowest BCUT2D eigenvalue weighted by atomic mass is 9.81. The first-order valence-electron chi connectivity index (χ1n) is 11.1. The van der Waals surface area contributed by atoms with E-state index in [4.69, 9.17) is 19.8 Å². The summed E-state index contributed by atoms with van der Waals surface area (Å²) < 4.78 is 13.0. The Morgan fingerprint density at radius 3 is 1.91 bits per heavy atom. The summed E-state index contributed by atoms with van der Waals surface area (Å²) in [4.78, 5) is 23.4. The van der Waals surface area contributed by atoms with E-state index in [-0.39, 0.29) is 5.82 Å². The molecule has 2 fully saturated rings. The minimum Gasteiger partial charge on any atom is -0.473 e. The van der Waals surface area contributed by atoms with Crippen LogP contribution in [0.4, 0.5) is 4.39 Å². The van der Waals surface area contributed by atoms with Crippen LogP contribution in [0.3, 0.4) is 0 Å². The lowest BCUT2D eigenvalue weighted by molar-refractivity contribution is -0.159. The molecule has 2 aliphatic rings. The Bertz CT molecular complexity index is 847. The van der Waals surface area contributed by atoms with E-state index in [2.05, 4.69) is 40.1 Å². The molecule has 172 valence electrons. The maximum Gasteiger partial charge on any atom is 0.414 e. The van der Waals surface area contributed by atoms with Crippen LogP contribution in [0.15, 0.2) is 54.6 Å². The van der Waals surface area contributed by atoms with E-state index < -0.39 is 11.9 Å². The summed E-state index contributed by atoms with van der Waals surface area (Å²) in [5.41, 5.74) is 2.73. The van der Waals surface area contributed by atoms with Gasteiger partial charge in [-0.3, -0.25) is 9.80 Å². The van der Waals surface area contributed by atoms with Crippen molar-refractivity contribution in [1.29, 1.82) is 0 Å². The third-order valence-corrected chi connectivity index (χ3v) is 6.39. The Morgan fingerprint density at radius 2 is 1.38 bits per heavy atom. The van der Waals surface area contributed by atoms with E-state index in [9.17, 15) is 4.39 Å². The van der Waals surface area contributed by atoms with E-state index in [0.717, 1.165) is 31.6 Å². The van der Waals surface area contributed by atoms with Crippen molar-refractivity contribution in [2.45, 2.75) is 44.2 Å². The van der Waals surface area contributed by atoms with Gasteiger partial charge in [-0.15, -0.1) is 0 Å². The van der Waals surface area contributed by atoms with Crippen molar-refractivity contribution >= 4 is 11.9 Å². The average Bonchev–Trinajstić information content (AvgIpc) is 2.82. The Balaban J connectivity index is 0.000000427. The second kappa shape index (κ2) is 11.7. The third kappa shape index (κ3) is 7.14. The molecule has 2 aromatic carbocycles. The van der Waals surface area contributed by atoms with Crippen LogP contribution < -0.4 is 0 Å². The summed E-state index contributed by atoms with van der Waals surface area (Å²) in [6, 6.07) is 18.7. The molecule has 1 saturated carbocycles. The quantitative estimate of drug-likeness (QED) is 0.701. The van der Waals surface area contributed by atoms with Crippen LogP contribution in [0, 0.1) is 5.82 Å². The van der Waals surface area contributed by atoms with Crippen LogP contribution in [0.5, 0.6) is 0 Å². The van der Waals surface area contributed by atoms with Gasteiger partial charge >= 0.3 is 11.9 Å². The summed E-state index contributed by atoms with van der Waals surface area (Å²) in [6.45, 7) is 5.52. The number of rotatable bonds is 4. The third-order valence-electron chi connectivity index (χ3n) is 6.39. The molecule has 1 aliphatic heterocycles. The number of hydrogen-bond acceptors (Lipinski definition) is 4. The van der Waals surface area contributed by atoms with Crippen molar-refractivity contribution in [3.8, 4) is 0 Å². The first-order chi connectivity index (χ1) is 15.4. The van der Waals surface area contributed by atoms with Crippen molar-refractivity contribution in [1.82, 2.24) is 9.80 Å². The second-order valence-corrected chi connectivity index (χ2v) is 8.47. The van der Waals surface area contributed by atoms with Crippen molar-refractivity contribution in [2.24, 2.45) is 0 Å². The molecular weight excluding hydrogens is 411 g/mol. The van der Waals surface area contributed by atoms with Gasteiger partial charge in [0.2, 0.25) is 0 Å². The number of hydrogen-bond donors (Lipinski definition) is 2. The summed E-state index contributed by atoms with van der Waals surface area (Å²) in [6.07, 6.45) is 5.31. The topological polar surface area (TPSA) is 81.1 Å². The maximum absolute atomic E-state index is 13.0. The van der Waals surface area contributed by atoms with Crippen LogP contribution in [-0.2, 0) is 16.1 Å². The molecule has 0 bridgehead atoms. The molecule has 1 heterocycles. The summed E-state index contributed by atoms with van der Waals surface area (Å²) in [5, 5.41) is 14.8. The predicted octanol–water partition coefficient (Wildman–Crippen LogP) is 3.83. The molecule has 2 N–H and O–H groups in total. The Kier molecular flexibility index (Phi) is 8.76. The molecule has 0 spiro atoms.